The van der Waals surface area contributed by atoms with Gasteiger partial charge in [-0.25, -0.2) is 0 Å². The van der Waals surface area contributed by atoms with E-state index in [1.54, 1.807) is 0 Å². The molecule has 0 saturated heterocycles. The second kappa shape index (κ2) is 7.59. The molecule has 0 unspecified atom stereocenters. The van der Waals surface area contributed by atoms with Crippen molar-refractivity contribution >= 4 is 0 Å². The summed E-state index contributed by atoms with van der Waals surface area (Å²) in [6, 6.07) is 9.62. The quantitative estimate of drug-likeness (QED) is 0.487. The number of hydrogen-bond donors (Lipinski definition) is 0. The summed E-state index contributed by atoms with van der Waals surface area (Å²) >= 11 is 0. The molecule has 0 amide bonds. The predicted molar refractivity (Wildman–Crippen MR) is 96.5 cm³/mol. The fourth-order valence-corrected chi connectivity index (χ4v) is 3.06. The molecule has 2 heterocycles. The third kappa shape index (κ3) is 3.88. The largest absolute Gasteiger partial charge is 0.356 e. The van der Waals surface area contributed by atoms with Crippen molar-refractivity contribution in [1.82, 2.24) is 19.7 Å². The van der Waals surface area contributed by atoms with Crippen LogP contribution in [-0.2, 0) is 20.1 Å². The minimum Gasteiger partial charge on any atom is -0.356 e. The van der Waals surface area contributed by atoms with E-state index in [9.17, 15) is 0 Å². The second-order valence-electron chi connectivity index (χ2n) is 6.68. The predicted octanol–water partition coefficient (Wildman–Crippen LogP) is 4.48. The molecule has 1 aromatic carbocycles. The van der Waals surface area contributed by atoms with E-state index in [1.807, 2.05) is 23.9 Å². The average Bonchev–Trinajstić information content (AvgIpc) is 2.88. The molecule has 0 atom stereocenters. The first-order chi connectivity index (χ1) is 11.4. The van der Waals surface area contributed by atoms with Gasteiger partial charge < -0.3 is 4.98 Å². The molecule has 0 fully saturated rings. The Morgan fingerprint density at radius 2 is 1.68 bits per heavy atom. The van der Waals surface area contributed by atoms with Gasteiger partial charge in [0.05, 0.1) is 11.5 Å². The normalized spacial score (nSPS) is 10.8. The molecule has 25 heavy (non-hydrogen) atoms. The molecule has 0 spiro atoms. The Kier molecular flexibility index (Phi) is 5.91. The Hall–Kier alpha value is -1.84. The van der Waals surface area contributed by atoms with Gasteiger partial charge in [0.2, 0.25) is 0 Å². The van der Waals surface area contributed by atoms with Gasteiger partial charge in [-0.3, -0.25) is 9.67 Å². The zero-order valence-electron chi connectivity index (χ0n) is 15.5. The van der Waals surface area contributed by atoms with Crippen LogP contribution in [0, 0.1) is 33.8 Å². The molecular weight excluding hydrogens is 488 g/mol. The zero-order chi connectivity index (χ0) is 17.4. The molecule has 133 valence electrons. The van der Waals surface area contributed by atoms with E-state index in [1.165, 1.54) is 16.7 Å². The van der Waals surface area contributed by atoms with Crippen LogP contribution in [0.5, 0.6) is 0 Å². The second-order valence-corrected chi connectivity index (χ2v) is 6.68. The maximum Gasteiger partial charge on any atom is 0.137 e. The van der Waals surface area contributed by atoms with Crippen LogP contribution in [0.1, 0.15) is 48.0 Å². The molecular formula is C20H23IrN4-. The van der Waals surface area contributed by atoms with Gasteiger partial charge in [0, 0.05) is 20.1 Å². The van der Waals surface area contributed by atoms with Gasteiger partial charge in [0.15, 0.2) is 0 Å². The Balaban J connectivity index is 0.00000225. The van der Waals surface area contributed by atoms with Crippen LogP contribution < -0.4 is 0 Å². The van der Waals surface area contributed by atoms with Crippen LogP contribution in [0.15, 0.2) is 24.4 Å². The van der Waals surface area contributed by atoms with Gasteiger partial charge >= 0.3 is 0 Å². The van der Waals surface area contributed by atoms with Crippen molar-refractivity contribution in [3.8, 4) is 17.1 Å². The molecule has 4 nitrogen and oxygen atoms in total. The third-order valence-electron chi connectivity index (χ3n) is 4.11. The first-order valence-electron chi connectivity index (χ1n) is 8.26. The molecule has 0 aliphatic rings. The van der Waals surface area contributed by atoms with E-state index in [-0.39, 0.29) is 20.1 Å². The molecule has 0 bridgehead atoms. The van der Waals surface area contributed by atoms with Crippen molar-refractivity contribution in [3.63, 3.8) is 0 Å². The Labute approximate surface area is 163 Å². The van der Waals surface area contributed by atoms with E-state index < -0.39 is 0 Å². The Morgan fingerprint density at radius 1 is 1.04 bits per heavy atom. The number of aromatic nitrogens is 4. The molecule has 0 saturated carbocycles. The maximum atomic E-state index is 4.62. The molecule has 0 aliphatic heterocycles. The molecule has 3 rings (SSSR count). The topological polar surface area (TPSA) is 43.6 Å². The zero-order valence-corrected chi connectivity index (χ0v) is 17.9. The number of hydrogen-bond acceptors (Lipinski definition) is 3. The monoisotopic (exact) mass is 512 g/mol. The van der Waals surface area contributed by atoms with Crippen LogP contribution >= 0.6 is 0 Å². The molecule has 1 radical (unpaired) electrons. The van der Waals surface area contributed by atoms with E-state index in [0.29, 0.717) is 5.92 Å². The van der Waals surface area contributed by atoms with Crippen molar-refractivity contribution in [3.05, 3.63) is 58.7 Å². The molecule has 5 heteroatoms. The van der Waals surface area contributed by atoms with Crippen LogP contribution in [0.4, 0.5) is 0 Å². The first kappa shape index (κ1) is 19.5. The van der Waals surface area contributed by atoms with Gasteiger partial charge in [0.25, 0.3) is 0 Å². The minimum atomic E-state index is 0. The number of benzene rings is 1. The summed E-state index contributed by atoms with van der Waals surface area (Å²) in [4.78, 5) is 9.16. The van der Waals surface area contributed by atoms with E-state index in [4.69, 9.17) is 0 Å². The van der Waals surface area contributed by atoms with Crippen LogP contribution in [0.2, 0.25) is 0 Å². The van der Waals surface area contributed by atoms with Crippen molar-refractivity contribution in [2.75, 3.05) is 0 Å². The smallest absolute Gasteiger partial charge is 0.137 e. The molecule has 2 aromatic heterocycles. The number of rotatable bonds is 3. The van der Waals surface area contributed by atoms with Gasteiger partial charge in [-0.05, 0) is 50.4 Å². The summed E-state index contributed by atoms with van der Waals surface area (Å²) in [5, 5.41) is 4.62. The van der Waals surface area contributed by atoms with Gasteiger partial charge in [0.1, 0.15) is 5.82 Å². The van der Waals surface area contributed by atoms with Crippen molar-refractivity contribution in [1.29, 1.82) is 0 Å². The Bertz CT molecular complexity index is 856. The van der Waals surface area contributed by atoms with Crippen LogP contribution in [0.25, 0.3) is 17.1 Å². The summed E-state index contributed by atoms with van der Waals surface area (Å²) in [6.45, 7) is 12.5. The van der Waals surface area contributed by atoms with Gasteiger partial charge in [-0.2, -0.15) is 5.10 Å². The van der Waals surface area contributed by atoms with E-state index in [0.717, 1.165) is 28.6 Å². The molecule has 0 aliphatic carbocycles. The first-order valence-corrected chi connectivity index (χ1v) is 8.26. The van der Waals surface area contributed by atoms with Crippen molar-refractivity contribution in [2.24, 2.45) is 0 Å². The summed E-state index contributed by atoms with van der Waals surface area (Å²) < 4.78 is 1.92. The maximum absolute atomic E-state index is 4.62. The fraction of sp³-hybridized carbons (Fsp3) is 0.350. The van der Waals surface area contributed by atoms with Gasteiger partial charge in [-0.15, -0.1) is 12.1 Å². The fourth-order valence-electron chi connectivity index (χ4n) is 3.06. The summed E-state index contributed by atoms with van der Waals surface area (Å²) in [6.07, 6.45) is 1.84. The number of aryl methyl sites for hydroxylation is 4. The number of pyridine rings is 1. The summed E-state index contributed by atoms with van der Waals surface area (Å²) in [5.74, 6) is 1.91. The van der Waals surface area contributed by atoms with Crippen LogP contribution in [0.3, 0.4) is 0 Å². The van der Waals surface area contributed by atoms with Crippen molar-refractivity contribution < 1.29 is 20.1 Å². The standard InChI is InChI=1S/C20H23N4.Ir/c1-12(2)18-8-7-17(11-21-18)20-22-16(6)23-24(20)19-14(4)9-13(3)10-15(19)5;/h8-12H,1-6H3;/q-1;. The third-order valence-corrected chi connectivity index (χ3v) is 4.11. The van der Waals surface area contributed by atoms with E-state index in [2.05, 4.69) is 67.9 Å². The van der Waals surface area contributed by atoms with E-state index >= 15 is 0 Å². The average molecular weight is 512 g/mol. The number of nitrogens with zero attached hydrogens (tertiary/aromatic N) is 4. The van der Waals surface area contributed by atoms with Crippen molar-refractivity contribution in [2.45, 2.75) is 47.5 Å². The van der Waals surface area contributed by atoms with Gasteiger partial charge in [-0.1, -0.05) is 43.3 Å². The molecule has 0 N–H and O–H groups in total. The minimum absolute atomic E-state index is 0. The summed E-state index contributed by atoms with van der Waals surface area (Å²) in [7, 11) is 0. The Morgan fingerprint density at radius 3 is 2.20 bits per heavy atom. The summed E-state index contributed by atoms with van der Waals surface area (Å²) in [5.41, 5.74) is 6.60. The SMILES string of the molecule is Cc1cc(C)c(-n2nc(C)nc2-c2[c-]cc(C(C)C)nc2)c(C)c1.[Ir]. The van der Waals surface area contributed by atoms with Crippen LogP contribution in [-0.4, -0.2) is 19.7 Å². The molecule has 3 aromatic rings.